The molecule has 4 aromatic rings. The molecule has 1 N–H and O–H groups in total. The van der Waals surface area contributed by atoms with E-state index in [0.717, 1.165) is 92.5 Å². The SMILES string of the molecule is C\C=c1/c(=C\C(=C\OC)c2c(CC)noc2CC)[nH]c2ccnc(-c3c(CC)noc3CC)c12. The number of hydrogen-bond acceptors (Lipinski definition) is 6. The topological polar surface area (TPSA) is 90.0 Å². The maximum atomic E-state index is 5.65. The van der Waals surface area contributed by atoms with Crippen LogP contribution in [0.3, 0.4) is 0 Å². The minimum absolute atomic E-state index is 0.748. The number of rotatable bonds is 8. The van der Waals surface area contributed by atoms with Crippen molar-refractivity contribution in [1.82, 2.24) is 20.3 Å². The van der Waals surface area contributed by atoms with Crippen LogP contribution in [-0.4, -0.2) is 27.4 Å². The zero-order valence-electron chi connectivity index (χ0n) is 20.8. The number of ether oxygens (including phenoxy) is 1. The average molecular weight is 461 g/mol. The lowest BCUT2D eigenvalue weighted by molar-refractivity contribution is 0.340. The van der Waals surface area contributed by atoms with Crippen molar-refractivity contribution in [1.29, 1.82) is 0 Å². The Morgan fingerprint density at radius 3 is 2.35 bits per heavy atom. The van der Waals surface area contributed by atoms with E-state index < -0.39 is 0 Å². The summed E-state index contributed by atoms with van der Waals surface area (Å²) in [5.41, 5.74) is 6.64. The summed E-state index contributed by atoms with van der Waals surface area (Å²) in [5.74, 6) is 1.71. The van der Waals surface area contributed by atoms with Gasteiger partial charge in [-0.3, -0.25) is 4.98 Å². The summed E-state index contributed by atoms with van der Waals surface area (Å²) in [6, 6.07) is 2.00. The quantitative estimate of drug-likeness (QED) is 0.383. The minimum atomic E-state index is 0.748. The van der Waals surface area contributed by atoms with E-state index in [2.05, 4.69) is 55.1 Å². The highest BCUT2D eigenvalue weighted by atomic mass is 16.5. The van der Waals surface area contributed by atoms with Gasteiger partial charge in [0.15, 0.2) is 0 Å². The Balaban J connectivity index is 2.03. The van der Waals surface area contributed by atoms with Gasteiger partial charge in [0, 0.05) is 40.6 Å². The van der Waals surface area contributed by atoms with E-state index in [9.17, 15) is 0 Å². The van der Waals surface area contributed by atoms with E-state index in [0.29, 0.717) is 0 Å². The van der Waals surface area contributed by atoms with E-state index in [1.165, 1.54) is 0 Å². The van der Waals surface area contributed by atoms with Gasteiger partial charge >= 0.3 is 0 Å². The van der Waals surface area contributed by atoms with E-state index >= 15 is 0 Å². The fourth-order valence-electron chi connectivity index (χ4n) is 4.52. The molecule has 0 bridgehead atoms. The molecule has 0 saturated carbocycles. The number of nitrogens with one attached hydrogen (secondary N) is 1. The van der Waals surface area contributed by atoms with Crippen LogP contribution in [0.4, 0.5) is 0 Å². The molecule has 7 nitrogen and oxygen atoms in total. The molecule has 0 aliphatic heterocycles. The maximum absolute atomic E-state index is 5.65. The van der Waals surface area contributed by atoms with Crippen molar-refractivity contribution in [3.63, 3.8) is 0 Å². The zero-order valence-corrected chi connectivity index (χ0v) is 20.8. The fourth-order valence-corrected chi connectivity index (χ4v) is 4.52. The number of methoxy groups -OCH3 is 1. The molecule has 34 heavy (non-hydrogen) atoms. The van der Waals surface area contributed by atoms with Crippen molar-refractivity contribution in [3.05, 3.63) is 57.6 Å². The van der Waals surface area contributed by atoms with Gasteiger partial charge in [-0.25, -0.2) is 0 Å². The summed E-state index contributed by atoms with van der Waals surface area (Å²) in [6.07, 6.45) is 10.8. The monoisotopic (exact) mass is 460 g/mol. The summed E-state index contributed by atoms with van der Waals surface area (Å²) in [6.45, 7) is 10.3. The molecule has 4 heterocycles. The third kappa shape index (κ3) is 3.95. The Morgan fingerprint density at radius 1 is 1.00 bits per heavy atom. The summed E-state index contributed by atoms with van der Waals surface area (Å²) < 4.78 is 16.7. The number of nitrogens with zero attached hydrogens (tertiary/aromatic N) is 3. The Kier molecular flexibility index (Phi) is 7.01. The van der Waals surface area contributed by atoms with Crippen LogP contribution in [-0.2, 0) is 30.4 Å². The van der Waals surface area contributed by atoms with Gasteiger partial charge in [-0.15, -0.1) is 0 Å². The summed E-state index contributed by atoms with van der Waals surface area (Å²) >= 11 is 0. The second kappa shape index (κ2) is 10.1. The van der Waals surface area contributed by atoms with Crippen molar-refractivity contribution in [2.75, 3.05) is 7.11 Å². The van der Waals surface area contributed by atoms with Crippen molar-refractivity contribution >= 4 is 28.6 Å². The number of aryl methyl sites for hydroxylation is 4. The van der Waals surface area contributed by atoms with E-state index in [4.69, 9.17) is 18.8 Å². The van der Waals surface area contributed by atoms with Gasteiger partial charge in [0.2, 0.25) is 0 Å². The molecule has 4 aromatic heterocycles. The van der Waals surface area contributed by atoms with Gasteiger partial charge in [-0.05, 0) is 31.9 Å². The normalized spacial score (nSPS) is 13.4. The second-order valence-electron chi connectivity index (χ2n) is 8.05. The first kappa shape index (κ1) is 23.5. The molecule has 0 aliphatic rings. The number of aromatic amines is 1. The molecule has 0 amide bonds. The van der Waals surface area contributed by atoms with Gasteiger partial charge in [-0.2, -0.15) is 0 Å². The zero-order chi connectivity index (χ0) is 24.2. The molecular weight excluding hydrogens is 428 g/mol. The highest BCUT2D eigenvalue weighted by molar-refractivity contribution is 5.96. The number of fused-ring (bicyclic) bond motifs is 1. The predicted octanol–water partition coefficient (Wildman–Crippen LogP) is 4.72. The lowest BCUT2D eigenvalue weighted by Crippen LogP contribution is -2.23. The highest BCUT2D eigenvalue weighted by Crippen LogP contribution is 2.31. The molecule has 0 unspecified atom stereocenters. The van der Waals surface area contributed by atoms with Crippen molar-refractivity contribution in [2.45, 2.75) is 60.3 Å². The Bertz CT molecular complexity index is 1410. The van der Waals surface area contributed by atoms with Crippen LogP contribution >= 0.6 is 0 Å². The van der Waals surface area contributed by atoms with E-state index in [1.807, 2.05) is 19.2 Å². The average Bonchev–Trinajstić information content (AvgIpc) is 3.56. The molecule has 178 valence electrons. The summed E-state index contributed by atoms with van der Waals surface area (Å²) in [4.78, 5) is 8.38. The second-order valence-corrected chi connectivity index (χ2v) is 8.05. The lowest BCUT2D eigenvalue weighted by atomic mass is 10.0. The first-order valence-electron chi connectivity index (χ1n) is 11.9. The Hall–Kier alpha value is -3.61. The molecule has 0 aromatic carbocycles. The standard InChI is InChI=1S/C27H32N4O3/c1-7-17-21(14-16(15-32-6)24-18(8-2)30-33-22(24)10-4)29-20-12-13-28-27(25(17)20)26-19(9-3)31-34-23(26)11-5/h7,12-15,29H,8-11H2,1-6H3/b16-15-,17-7+,21-14+. The fraction of sp³-hybridized carbons (Fsp3) is 0.370. The van der Waals surface area contributed by atoms with Crippen molar-refractivity contribution in [2.24, 2.45) is 0 Å². The third-order valence-corrected chi connectivity index (χ3v) is 6.12. The Morgan fingerprint density at radius 2 is 1.71 bits per heavy atom. The van der Waals surface area contributed by atoms with E-state index in [1.54, 1.807) is 13.4 Å². The lowest BCUT2D eigenvalue weighted by Gasteiger charge is -2.04. The van der Waals surface area contributed by atoms with Gasteiger partial charge in [-0.1, -0.05) is 44.1 Å². The molecule has 0 fully saturated rings. The number of aromatic nitrogens is 4. The molecule has 0 saturated heterocycles. The van der Waals surface area contributed by atoms with Gasteiger partial charge in [0.1, 0.15) is 11.5 Å². The molecule has 0 atom stereocenters. The van der Waals surface area contributed by atoms with E-state index in [-0.39, 0.29) is 0 Å². The largest absolute Gasteiger partial charge is 0.504 e. The van der Waals surface area contributed by atoms with Crippen LogP contribution in [0, 0.1) is 0 Å². The molecule has 4 rings (SSSR count). The summed E-state index contributed by atoms with van der Waals surface area (Å²) in [7, 11) is 1.66. The number of hydrogen-bond donors (Lipinski definition) is 1. The van der Waals surface area contributed by atoms with Crippen LogP contribution in [0.15, 0.2) is 27.6 Å². The number of H-pyrrole nitrogens is 1. The smallest absolute Gasteiger partial charge is 0.146 e. The Labute approximate surface area is 199 Å². The van der Waals surface area contributed by atoms with Crippen molar-refractivity contribution in [3.8, 4) is 11.3 Å². The number of pyridine rings is 1. The minimum Gasteiger partial charge on any atom is -0.504 e. The molecule has 0 aliphatic carbocycles. The first-order chi connectivity index (χ1) is 16.6. The molecule has 0 spiro atoms. The van der Waals surface area contributed by atoms with Crippen molar-refractivity contribution < 1.29 is 13.8 Å². The third-order valence-electron chi connectivity index (χ3n) is 6.12. The summed E-state index contributed by atoms with van der Waals surface area (Å²) in [5, 5.41) is 11.7. The number of allylic oxidation sites excluding steroid dienone is 1. The molecule has 0 radical (unpaired) electrons. The van der Waals surface area contributed by atoms with Crippen LogP contribution in [0.1, 0.15) is 63.1 Å². The predicted molar refractivity (Wildman–Crippen MR) is 134 cm³/mol. The highest BCUT2D eigenvalue weighted by Gasteiger charge is 2.21. The van der Waals surface area contributed by atoms with Crippen LogP contribution in [0.2, 0.25) is 0 Å². The van der Waals surface area contributed by atoms with Gasteiger partial charge < -0.3 is 18.8 Å². The van der Waals surface area contributed by atoms with Gasteiger partial charge in [0.05, 0.1) is 47.1 Å². The van der Waals surface area contributed by atoms with Crippen LogP contribution < -0.4 is 10.6 Å². The van der Waals surface area contributed by atoms with Gasteiger partial charge in [0.25, 0.3) is 0 Å². The van der Waals surface area contributed by atoms with Crippen LogP contribution in [0.25, 0.3) is 39.9 Å². The van der Waals surface area contributed by atoms with Crippen LogP contribution in [0.5, 0.6) is 0 Å². The molecular formula is C27H32N4O3. The maximum Gasteiger partial charge on any atom is 0.146 e. The molecule has 7 heteroatoms. The first-order valence-corrected chi connectivity index (χ1v) is 11.9.